The number of aromatic nitrogens is 2. The highest BCUT2D eigenvalue weighted by atomic mass is 32.2. The van der Waals surface area contributed by atoms with Crippen molar-refractivity contribution in [3.8, 4) is 34.7 Å². The fourth-order valence-electron chi connectivity index (χ4n) is 4.67. The Morgan fingerprint density at radius 3 is 2.83 bits per heavy atom. The van der Waals surface area contributed by atoms with Gasteiger partial charge in [-0.3, -0.25) is 0 Å². The average Bonchev–Trinajstić information content (AvgIpc) is 3.45. The molecule has 1 saturated heterocycles. The zero-order valence-electron chi connectivity index (χ0n) is 20.4. The topological polar surface area (TPSA) is 121 Å². The van der Waals surface area contributed by atoms with Crippen molar-refractivity contribution in [1.29, 1.82) is 5.26 Å². The van der Waals surface area contributed by atoms with Gasteiger partial charge in [-0.1, -0.05) is 23.4 Å². The van der Waals surface area contributed by atoms with E-state index >= 15 is 0 Å². The zero-order valence-corrected chi connectivity index (χ0v) is 21.2. The van der Waals surface area contributed by atoms with E-state index in [0.29, 0.717) is 48.0 Å². The second-order valence-electron chi connectivity index (χ2n) is 9.51. The van der Waals surface area contributed by atoms with E-state index in [9.17, 15) is 13.7 Å². The number of nitriles is 1. The maximum atomic E-state index is 12.7. The summed E-state index contributed by atoms with van der Waals surface area (Å²) in [7, 11) is -3.38. The van der Waals surface area contributed by atoms with Gasteiger partial charge < -0.3 is 14.2 Å². The van der Waals surface area contributed by atoms with Gasteiger partial charge in [-0.2, -0.15) is 10.2 Å². The van der Waals surface area contributed by atoms with Crippen molar-refractivity contribution in [3.05, 3.63) is 53.1 Å². The number of benzene rings is 2. The molecule has 1 aliphatic carbocycles. The Hall–Kier alpha value is -3.26. The van der Waals surface area contributed by atoms with E-state index in [1.807, 2.05) is 32.0 Å². The third kappa shape index (κ3) is 5.14. The Morgan fingerprint density at radius 1 is 1.28 bits per heavy atom. The van der Waals surface area contributed by atoms with Crippen LogP contribution in [0.1, 0.15) is 49.4 Å². The molecule has 2 aromatic carbocycles. The van der Waals surface area contributed by atoms with Crippen molar-refractivity contribution < 1.29 is 17.7 Å². The van der Waals surface area contributed by atoms with Gasteiger partial charge in [-0.15, -0.1) is 0 Å². The van der Waals surface area contributed by atoms with Gasteiger partial charge >= 0.3 is 0 Å². The summed E-state index contributed by atoms with van der Waals surface area (Å²) in [5.41, 5.74) is 3.82. The molecule has 0 spiro atoms. The number of hydrogen-bond donors (Lipinski definition) is 1. The number of fused-ring (bicyclic) bond motifs is 1. The smallest absolute Gasteiger partial charge is 0.258 e. The highest BCUT2D eigenvalue weighted by molar-refractivity contribution is 7.89. The van der Waals surface area contributed by atoms with Crippen LogP contribution in [0.4, 0.5) is 0 Å². The molecule has 1 aliphatic heterocycles. The van der Waals surface area contributed by atoms with Crippen molar-refractivity contribution in [2.75, 3.05) is 25.4 Å². The molecule has 0 amide bonds. The molecule has 9 nitrogen and oxygen atoms in total. The first-order chi connectivity index (χ1) is 17.3. The highest BCUT2D eigenvalue weighted by Gasteiger charge is 2.30. The molecule has 2 heterocycles. The minimum Gasteiger partial charge on any atom is -0.490 e. The van der Waals surface area contributed by atoms with Crippen LogP contribution in [0.5, 0.6) is 5.75 Å². The van der Waals surface area contributed by atoms with Gasteiger partial charge in [-0.05, 0) is 75.5 Å². The van der Waals surface area contributed by atoms with Crippen LogP contribution in [0.25, 0.3) is 22.8 Å². The van der Waals surface area contributed by atoms with Crippen molar-refractivity contribution in [3.63, 3.8) is 0 Å². The Bertz CT molecular complexity index is 1410. The molecule has 1 fully saturated rings. The van der Waals surface area contributed by atoms with Crippen LogP contribution in [0.15, 0.2) is 40.9 Å². The van der Waals surface area contributed by atoms with Gasteiger partial charge in [-0.25, -0.2) is 13.1 Å². The van der Waals surface area contributed by atoms with E-state index in [1.165, 1.54) is 0 Å². The van der Waals surface area contributed by atoms with Gasteiger partial charge in [0.2, 0.25) is 15.8 Å². The van der Waals surface area contributed by atoms with Crippen LogP contribution >= 0.6 is 0 Å². The van der Waals surface area contributed by atoms with E-state index in [1.54, 1.807) is 18.2 Å². The second-order valence-corrected chi connectivity index (χ2v) is 11.4. The lowest BCUT2D eigenvalue weighted by atomic mass is 10.0. The molecule has 3 aromatic rings. The van der Waals surface area contributed by atoms with E-state index in [-0.39, 0.29) is 17.9 Å². The first kappa shape index (κ1) is 24.4. The van der Waals surface area contributed by atoms with Crippen molar-refractivity contribution in [2.24, 2.45) is 0 Å². The maximum Gasteiger partial charge on any atom is 0.258 e. The summed E-state index contributed by atoms with van der Waals surface area (Å²) in [6, 6.07) is 12.9. The molecule has 2 aliphatic rings. The van der Waals surface area contributed by atoms with Crippen LogP contribution in [-0.2, 0) is 16.4 Å². The highest BCUT2D eigenvalue weighted by Crippen LogP contribution is 2.38. The normalized spacial score (nSPS) is 17.6. The van der Waals surface area contributed by atoms with Gasteiger partial charge in [0.1, 0.15) is 11.8 Å². The van der Waals surface area contributed by atoms with Gasteiger partial charge in [0.15, 0.2) is 0 Å². The summed E-state index contributed by atoms with van der Waals surface area (Å²) in [6.07, 6.45) is 2.49. The molecular weight excluding hydrogens is 478 g/mol. The van der Waals surface area contributed by atoms with Gasteiger partial charge in [0.25, 0.3) is 5.89 Å². The molecule has 1 aromatic heterocycles. The van der Waals surface area contributed by atoms with Crippen molar-refractivity contribution in [2.45, 2.75) is 45.3 Å². The molecule has 188 valence electrons. The minimum absolute atomic E-state index is 0.0491. The number of nitrogens with one attached hydrogen (secondary N) is 1. The first-order valence-corrected chi connectivity index (χ1v) is 13.9. The number of ether oxygens (including phenoxy) is 1. The van der Waals surface area contributed by atoms with E-state index in [2.05, 4.69) is 25.8 Å². The number of likely N-dealkylation sites (tertiary alicyclic amines) is 1. The van der Waals surface area contributed by atoms with Crippen LogP contribution in [0, 0.1) is 11.3 Å². The predicted octanol–water partition coefficient (Wildman–Crippen LogP) is 3.67. The average molecular weight is 508 g/mol. The number of hydrogen-bond acceptors (Lipinski definition) is 8. The monoisotopic (exact) mass is 507 g/mol. The summed E-state index contributed by atoms with van der Waals surface area (Å²) in [5.74, 6) is 1.36. The molecule has 36 heavy (non-hydrogen) atoms. The van der Waals surface area contributed by atoms with Crippen molar-refractivity contribution >= 4 is 10.0 Å². The van der Waals surface area contributed by atoms with Gasteiger partial charge in [0.05, 0.1) is 17.4 Å². The number of rotatable bonds is 9. The Kier molecular flexibility index (Phi) is 6.79. The number of nitrogens with zero attached hydrogens (tertiary/aromatic N) is 4. The van der Waals surface area contributed by atoms with Crippen LogP contribution in [0.2, 0.25) is 0 Å². The predicted molar refractivity (Wildman–Crippen MR) is 135 cm³/mol. The van der Waals surface area contributed by atoms with E-state index in [0.717, 1.165) is 36.2 Å². The van der Waals surface area contributed by atoms with Crippen LogP contribution in [0.3, 0.4) is 0 Å². The largest absolute Gasteiger partial charge is 0.490 e. The van der Waals surface area contributed by atoms with Gasteiger partial charge in [0, 0.05) is 23.7 Å². The summed E-state index contributed by atoms with van der Waals surface area (Å²) in [5, 5.41) is 13.7. The lowest BCUT2D eigenvalue weighted by Gasteiger charge is -2.30. The quantitative estimate of drug-likeness (QED) is 0.466. The molecule has 1 N–H and O–H groups in total. The maximum absolute atomic E-state index is 12.7. The SMILES string of the molecule is CC(C)Oc1ccc(-c2nc(-c3cccc4c3CCC4NS(=O)(=O)CCN3CCC3)no2)cc1C#N. The van der Waals surface area contributed by atoms with Crippen LogP contribution in [-0.4, -0.2) is 54.9 Å². The third-order valence-corrected chi connectivity index (χ3v) is 7.96. The summed E-state index contributed by atoms with van der Waals surface area (Å²) < 4.78 is 39.5. The third-order valence-electron chi connectivity index (χ3n) is 6.59. The standard InChI is InChI=1S/C26H29N5O4S/c1-17(2)34-24-10-7-18(15-19(24)16-27)26-28-25(29-35-26)22-6-3-5-21-20(22)8-9-23(21)30-36(32,33)14-13-31-11-4-12-31/h3,5-7,10,15,17,23,30H,4,8-9,11-14H2,1-2H3. The summed E-state index contributed by atoms with van der Waals surface area (Å²) in [4.78, 5) is 6.74. The molecule has 1 unspecified atom stereocenters. The second kappa shape index (κ2) is 10.0. The number of sulfonamides is 1. The molecule has 5 rings (SSSR count). The van der Waals surface area contributed by atoms with E-state index in [4.69, 9.17) is 9.26 Å². The van der Waals surface area contributed by atoms with Crippen molar-refractivity contribution in [1.82, 2.24) is 19.8 Å². The first-order valence-electron chi connectivity index (χ1n) is 12.2. The molecular formula is C26H29N5O4S. The summed E-state index contributed by atoms with van der Waals surface area (Å²) in [6.45, 7) is 6.33. The summed E-state index contributed by atoms with van der Waals surface area (Å²) >= 11 is 0. The lowest BCUT2D eigenvalue weighted by Crippen LogP contribution is -2.42. The molecule has 0 radical (unpaired) electrons. The Balaban J connectivity index is 1.35. The Labute approximate surface area is 211 Å². The molecule has 10 heteroatoms. The molecule has 0 bridgehead atoms. The Morgan fingerprint density at radius 2 is 2.11 bits per heavy atom. The zero-order chi connectivity index (χ0) is 25.3. The fourth-order valence-corrected chi connectivity index (χ4v) is 5.97. The lowest BCUT2D eigenvalue weighted by molar-refractivity contribution is 0.193. The van der Waals surface area contributed by atoms with Crippen LogP contribution < -0.4 is 9.46 Å². The fraction of sp³-hybridized carbons (Fsp3) is 0.423. The van der Waals surface area contributed by atoms with E-state index < -0.39 is 10.0 Å². The molecule has 0 saturated carbocycles. The minimum atomic E-state index is -3.38. The molecule has 1 atom stereocenters.